The first-order chi connectivity index (χ1) is 21.6. The summed E-state index contributed by atoms with van der Waals surface area (Å²) in [6, 6.07) is 34.0. The van der Waals surface area contributed by atoms with Crippen LogP contribution in [-0.2, 0) is 27.4 Å². The summed E-state index contributed by atoms with van der Waals surface area (Å²) in [6.45, 7) is 2.00. The van der Waals surface area contributed by atoms with Crippen LogP contribution >= 0.6 is 11.8 Å². The number of carbonyl (C=O) groups is 1. The van der Waals surface area contributed by atoms with Gasteiger partial charge in [-0.05, 0) is 56.4 Å². The van der Waals surface area contributed by atoms with Crippen molar-refractivity contribution in [1.82, 2.24) is 25.5 Å². The van der Waals surface area contributed by atoms with Gasteiger partial charge in [0.1, 0.15) is 0 Å². The molecule has 0 aliphatic carbocycles. The van der Waals surface area contributed by atoms with Crippen LogP contribution in [0.4, 0.5) is 0 Å². The molecule has 2 N–H and O–H groups in total. The summed E-state index contributed by atoms with van der Waals surface area (Å²) in [5.41, 5.74) is 6.87. The predicted octanol–water partition coefficient (Wildman–Crippen LogP) is 5.80. The zero-order valence-electron chi connectivity index (χ0n) is 24.2. The summed E-state index contributed by atoms with van der Waals surface area (Å²) in [7, 11) is 0. The number of ether oxygens (including phenoxy) is 2. The fourth-order valence-electron chi connectivity index (χ4n) is 5.11. The Morgan fingerprint density at radius 3 is 2.43 bits per heavy atom. The molecule has 224 valence electrons. The van der Waals surface area contributed by atoms with Crippen LogP contribution in [-0.4, -0.2) is 43.1 Å². The van der Waals surface area contributed by atoms with Gasteiger partial charge in [-0.3, -0.25) is 4.79 Å². The number of amides is 1. The number of nitrogens with zero attached hydrogens (tertiary/aromatic N) is 4. The molecule has 5 aromatic rings. The third kappa shape index (κ3) is 7.23. The largest absolute Gasteiger partial charge is 0.392 e. The lowest BCUT2D eigenvalue weighted by Gasteiger charge is -2.36. The van der Waals surface area contributed by atoms with Gasteiger partial charge in [0.15, 0.2) is 6.29 Å². The molecule has 3 atom stereocenters. The van der Waals surface area contributed by atoms with E-state index in [1.165, 1.54) is 6.92 Å². The zero-order chi connectivity index (χ0) is 30.3. The monoisotopic (exact) mass is 607 g/mol. The van der Waals surface area contributed by atoms with E-state index in [0.717, 1.165) is 39.1 Å². The molecule has 1 aromatic heterocycles. The van der Waals surface area contributed by atoms with E-state index in [-0.39, 0.29) is 24.7 Å². The first-order valence-corrected chi connectivity index (χ1v) is 15.4. The Bertz CT molecular complexity index is 1680. The van der Waals surface area contributed by atoms with E-state index in [2.05, 4.69) is 45.1 Å². The van der Waals surface area contributed by atoms with Crippen molar-refractivity contribution >= 4 is 17.7 Å². The Balaban J connectivity index is 1.20. The molecule has 1 aliphatic heterocycles. The second-order valence-electron chi connectivity index (χ2n) is 10.6. The predicted molar refractivity (Wildman–Crippen MR) is 168 cm³/mol. The summed E-state index contributed by atoms with van der Waals surface area (Å²) >= 11 is 1.55. The smallest absolute Gasteiger partial charge is 0.217 e. The second-order valence-corrected chi connectivity index (χ2v) is 11.6. The van der Waals surface area contributed by atoms with Crippen LogP contribution < -0.4 is 5.32 Å². The standard InChI is InChI=1S/C34H33N5O4S/c1-23(41)35-20-25-6-5-7-29(18-25)26-14-16-28(17-15-26)33-42-31(19-32(43-33)27-12-10-24(21-40)11-13-27)22-44-34-36-37-38-39(34)30-8-3-2-4-9-30/h2-18,31-33,40H,19-22H2,1H3,(H,35,41)/t31-,32+,33+/m0/s1. The Hall–Kier alpha value is -4.35. The van der Waals surface area contributed by atoms with Crippen molar-refractivity contribution < 1.29 is 19.4 Å². The Labute approximate surface area is 260 Å². The molecule has 0 radical (unpaired) electrons. The minimum absolute atomic E-state index is 0.00453. The van der Waals surface area contributed by atoms with Crippen LogP contribution in [0.15, 0.2) is 108 Å². The first-order valence-electron chi connectivity index (χ1n) is 14.5. The summed E-state index contributed by atoms with van der Waals surface area (Å²) in [4.78, 5) is 11.3. The lowest BCUT2D eigenvalue weighted by molar-refractivity contribution is -0.245. The number of hydrogen-bond donors (Lipinski definition) is 2. The lowest BCUT2D eigenvalue weighted by atomic mass is 9.99. The molecule has 44 heavy (non-hydrogen) atoms. The molecule has 0 saturated carbocycles. The Morgan fingerprint density at radius 1 is 0.909 bits per heavy atom. The maximum atomic E-state index is 11.3. The number of aromatic nitrogens is 4. The van der Waals surface area contributed by atoms with Crippen LogP contribution in [0, 0.1) is 0 Å². The molecule has 1 fully saturated rings. The summed E-state index contributed by atoms with van der Waals surface area (Å²) in [5, 5.41) is 25.4. The minimum Gasteiger partial charge on any atom is -0.392 e. The van der Waals surface area contributed by atoms with E-state index in [1.54, 1.807) is 16.4 Å². The second kappa shape index (κ2) is 14.0. The number of para-hydroxylation sites is 1. The number of rotatable bonds is 10. The number of carbonyl (C=O) groups excluding carboxylic acids is 1. The minimum atomic E-state index is -0.567. The molecule has 6 rings (SSSR count). The maximum Gasteiger partial charge on any atom is 0.217 e. The van der Waals surface area contributed by atoms with Crippen molar-refractivity contribution in [2.75, 3.05) is 5.75 Å². The molecule has 4 aromatic carbocycles. The topological polar surface area (TPSA) is 111 Å². The molecule has 10 heteroatoms. The van der Waals surface area contributed by atoms with Crippen LogP contribution in [0.25, 0.3) is 16.8 Å². The molecule has 2 heterocycles. The molecule has 0 unspecified atom stereocenters. The van der Waals surface area contributed by atoms with Gasteiger partial charge in [-0.2, -0.15) is 4.68 Å². The number of aliphatic hydroxyl groups excluding tert-OH is 1. The highest BCUT2D eigenvalue weighted by atomic mass is 32.2. The SMILES string of the molecule is CC(=O)NCc1cccc(-c2ccc([C@@H]3O[C@H](CSc4nnnn4-c4ccccc4)C[C@H](c4ccc(CO)cc4)O3)cc2)c1. The van der Waals surface area contributed by atoms with Crippen LogP contribution in [0.3, 0.4) is 0 Å². The van der Waals surface area contributed by atoms with Crippen molar-refractivity contribution in [3.05, 3.63) is 125 Å². The molecular formula is C34H33N5O4S. The van der Waals surface area contributed by atoms with Gasteiger partial charge in [-0.1, -0.05) is 96.7 Å². The van der Waals surface area contributed by atoms with Crippen LogP contribution in [0.2, 0.25) is 0 Å². The maximum absolute atomic E-state index is 11.3. The normalized spacial score (nSPS) is 18.2. The summed E-state index contributed by atoms with van der Waals surface area (Å²) < 4.78 is 14.8. The molecule has 0 bridgehead atoms. The number of nitrogens with one attached hydrogen (secondary N) is 1. The summed E-state index contributed by atoms with van der Waals surface area (Å²) in [5.74, 6) is 0.582. The van der Waals surface area contributed by atoms with Gasteiger partial charge < -0.3 is 19.9 Å². The van der Waals surface area contributed by atoms with Gasteiger partial charge >= 0.3 is 0 Å². The highest BCUT2D eigenvalue weighted by molar-refractivity contribution is 7.99. The molecule has 1 saturated heterocycles. The molecule has 1 aliphatic rings. The number of hydrogen-bond acceptors (Lipinski definition) is 8. The third-order valence-electron chi connectivity index (χ3n) is 7.44. The van der Waals surface area contributed by atoms with Crippen molar-refractivity contribution in [1.29, 1.82) is 0 Å². The van der Waals surface area contributed by atoms with Gasteiger partial charge in [-0.25, -0.2) is 0 Å². The van der Waals surface area contributed by atoms with Crippen molar-refractivity contribution in [2.45, 2.75) is 50.2 Å². The fraction of sp³-hybridized carbons (Fsp3) is 0.235. The van der Waals surface area contributed by atoms with Crippen LogP contribution in [0.1, 0.15) is 48.0 Å². The highest BCUT2D eigenvalue weighted by Gasteiger charge is 2.32. The highest BCUT2D eigenvalue weighted by Crippen LogP contribution is 2.40. The van der Waals surface area contributed by atoms with Gasteiger partial charge in [-0.15, -0.1) is 5.10 Å². The number of tetrazole rings is 1. The van der Waals surface area contributed by atoms with Crippen molar-refractivity contribution in [2.24, 2.45) is 0 Å². The quantitative estimate of drug-likeness (QED) is 0.192. The van der Waals surface area contributed by atoms with E-state index in [4.69, 9.17) is 9.47 Å². The van der Waals surface area contributed by atoms with E-state index >= 15 is 0 Å². The van der Waals surface area contributed by atoms with E-state index in [0.29, 0.717) is 23.9 Å². The van der Waals surface area contributed by atoms with Crippen molar-refractivity contribution in [3.8, 4) is 16.8 Å². The number of aliphatic hydroxyl groups is 1. The molecule has 9 nitrogen and oxygen atoms in total. The van der Waals surface area contributed by atoms with Gasteiger partial charge in [0, 0.05) is 31.2 Å². The van der Waals surface area contributed by atoms with E-state index < -0.39 is 6.29 Å². The number of thioether (sulfide) groups is 1. The Kier molecular flexibility index (Phi) is 9.43. The lowest BCUT2D eigenvalue weighted by Crippen LogP contribution is -2.31. The number of benzene rings is 4. The molecule has 1 amide bonds. The molecule has 0 spiro atoms. The average molecular weight is 608 g/mol. The third-order valence-corrected chi connectivity index (χ3v) is 8.49. The van der Waals surface area contributed by atoms with Gasteiger partial charge in [0.2, 0.25) is 11.1 Å². The molecular weight excluding hydrogens is 574 g/mol. The Morgan fingerprint density at radius 2 is 1.68 bits per heavy atom. The summed E-state index contributed by atoms with van der Waals surface area (Å²) in [6.07, 6.45) is -0.231. The van der Waals surface area contributed by atoms with Crippen molar-refractivity contribution in [3.63, 3.8) is 0 Å². The zero-order valence-corrected chi connectivity index (χ0v) is 25.1. The van der Waals surface area contributed by atoms with Gasteiger partial charge in [0.25, 0.3) is 0 Å². The van der Waals surface area contributed by atoms with Gasteiger partial charge in [0.05, 0.1) is 24.5 Å². The van der Waals surface area contributed by atoms with E-state index in [1.807, 2.05) is 78.9 Å². The fourth-order valence-corrected chi connectivity index (χ4v) is 6.02. The average Bonchev–Trinajstić information content (AvgIpc) is 3.56. The van der Waals surface area contributed by atoms with Crippen LogP contribution in [0.5, 0.6) is 0 Å². The first kappa shape index (κ1) is 29.7. The van der Waals surface area contributed by atoms with E-state index in [9.17, 15) is 9.90 Å².